The number of aldehydes is 1. The summed E-state index contributed by atoms with van der Waals surface area (Å²) in [4.78, 5) is 22.6. The van der Waals surface area contributed by atoms with Gasteiger partial charge < -0.3 is 25.5 Å². The van der Waals surface area contributed by atoms with Crippen molar-refractivity contribution in [1.29, 1.82) is 0 Å². The normalized spacial score (nSPS) is 16.1. The number of rotatable bonds is 8. The molecular weight excluding hydrogens is 325 g/mol. The van der Waals surface area contributed by atoms with E-state index in [0.29, 0.717) is 23.4 Å². The second kappa shape index (κ2) is 9.36. The number of methoxy groups -OCH3 is 1. The molecule has 25 heavy (non-hydrogen) atoms. The van der Waals surface area contributed by atoms with Gasteiger partial charge in [-0.2, -0.15) is 0 Å². The molecule has 1 atom stereocenters. The van der Waals surface area contributed by atoms with Gasteiger partial charge in [0.1, 0.15) is 17.9 Å². The highest BCUT2D eigenvalue weighted by Gasteiger charge is 2.22. The van der Waals surface area contributed by atoms with Crippen LogP contribution in [-0.2, 0) is 9.59 Å². The zero-order valence-corrected chi connectivity index (χ0v) is 14.7. The van der Waals surface area contributed by atoms with Gasteiger partial charge >= 0.3 is 0 Å². The smallest absolute Gasteiger partial charge is 0.219 e. The Morgan fingerprint density at radius 1 is 1.44 bits per heavy atom. The highest BCUT2D eigenvalue weighted by molar-refractivity contribution is 5.76. The number of hydrogen-bond donors (Lipinski definition) is 3. The third kappa shape index (κ3) is 5.16. The molecule has 0 radical (unpaired) electrons. The van der Waals surface area contributed by atoms with Gasteiger partial charge in [0.2, 0.25) is 5.91 Å². The van der Waals surface area contributed by atoms with E-state index in [1.807, 2.05) is 0 Å². The number of amides is 1. The minimum atomic E-state index is -0.588. The molecule has 6 nitrogen and oxygen atoms in total. The zero-order valence-electron chi connectivity index (χ0n) is 14.7. The number of carbonyl (C=O) groups is 2. The fourth-order valence-corrected chi connectivity index (χ4v) is 3.08. The van der Waals surface area contributed by atoms with Gasteiger partial charge in [-0.05, 0) is 49.9 Å². The predicted octanol–water partition coefficient (Wildman–Crippen LogP) is 1.81. The number of halogens is 1. The first kappa shape index (κ1) is 19.2. The molecule has 1 heterocycles. The second-order valence-electron chi connectivity index (χ2n) is 6.20. The van der Waals surface area contributed by atoms with Crippen LogP contribution in [0.2, 0.25) is 0 Å². The van der Waals surface area contributed by atoms with E-state index in [1.54, 1.807) is 13.1 Å². The fraction of sp³-hybridized carbons (Fsp3) is 0.556. The average Bonchev–Trinajstić information content (AvgIpc) is 2.65. The maximum absolute atomic E-state index is 14.6. The van der Waals surface area contributed by atoms with E-state index in [9.17, 15) is 14.0 Å². The monoisotopic (exact) mass is 351 g/mol. The van der Waals surface area contributed by atoms with Crippen LogP contribution in [0.4, 0.5) is 10.1 Å². The largest absolute Gasteiger partial charge is 0.495 e. The molecule has 1 aliphatic heterocycles. The van der Waals surface area contributed by atoms with E-state index in [1.165, 1.54) is 13.2 Å². The van der Waals surface area contributed by atoms with Crippen LogP contribution in [0.5, 0.6) is 5.75 Å². The Kier molecular flexibility index (Phi) is 7.18. The second-order valence-corrected chi connectivity index (χ2v) is 6.20. The van der Waals surface area contributed by atoms with Crippen LogP contribution in [0.25, 0.3) is 0 Å². The van der Waals surface area contributed by atoms with Crippen LogP contribution in [0.1, 0.15) is 37.2 Å². The maximum atomic E-state index is 14.6. The zero-order chi connectivity index (χ0) is 18.2. The lowest BCUT2D eigenvalue weighted by molar-refractivity contribution is -0.120. The van der Waals surface area contributed by atoms with E-state index in [2.05, 4.69) is 16.0 Å². The predicted molar refractivity (Wildman–Crippen MR) is 94.6 cm³/mol. The molecule has 0 aromatic heterocycles. The van der Waals surface area contributed by atoms with Crippen LogP contribution in [0.15, 0.2) is 12.1 Å². The quantitative estimate of drug-likeness (QED) is 0.623. The van der Waals surface area contributed by atoms with Crippen molar-refractivity contribution in [2.45, 2.75) is 37.6 Å². The molecule has 1 unspecified atom stereocenters. The summed E-state index contributed by atoms with van der Waals surface area (Å²) in [6.45, 7) is 1.75. The summed E-state index contributed by atoms with van der Waals surface area (Å²) in [7, 11) is 3.06. The van der Waals surface area contributed by atoms with Crippen molar-refractivity contribution in [3.63, 3.8) is 0 Å². The molecule has 7 heteroatoms. The molecule has 2 rings (SSSR count). The van der Waals surface area contributed by atoms with Crippen LogP contribution < -0.4 is 20.7 Å². The fourth-order valence-electron chi connectivity index (χ4n) is 3.08. The van der Waals surface area contributed by atoms with Crippen LogP contribution in [0.3, 0.4) is 0 Å². The molecule has 1 aliphatic rings. The van der Waals surface area contributed by atoms with Gasteiger partial charge in [-0.1, -0.05) is 0 Å². The number of benzene rings is 1. The third-order valence-corrected chi connectivity index (χ3v) is 4.56. The van der Waals surface area contributed by atoms with Gasteiger partial charge in [-0.25, -0.2) is 4.39 Å². The van der Waals surface area contributed by atoms with Crippen molar-refractivity contribution < 1.29 is 18.7 Å². The number of carbonyl (C=O) groups excluding carboxylic acids is 2. The van der Waals surface area contributed by atoms with Crippen molar-refractivity contribution in [1.82, 2.24) is 10.6 Å². The highest BCUT2D eigenvalue weighted by atomic mass is 19.1. The van der Waals surface area contributed by atoms with Gasteiger partial charge in [0.15, 0.2) is 0 Å². The van der Waals surface area contributed by atoms with Crippen LogP contribution in [-0.4, -0.2) is 45.5 Å². The van der Waals surface area contributed by atoms with E-state index in [-0.39, 0.29) is 24.1 Å². The van der Waals surface area contributed by atoms with Crippen LogP contribution >= 0.6 is 0 Å². The van der Waals surface area contributed by atoms with Crippen molar-refractivity contribution >= 4 is 17.9 Å². The molecule has 138 valence electrons. The third-order valence-electron chi connectivity index (χ3n) is 4.56. The van der Waals surface area contributed by atoms with Gasteiger partial charge in [-0.3, -0.25) is 4.79 Å². The number of ether oxygens (including phenoxy) is 1. The standard InChI is InChI=1S/C18H26FN3O3/c1-20-18(24)4-3-13(11-23)22-16-10-15(19)14(9-17(16)25-2)12-5-7-21-8-6-12/h9-13,21-22H,3-8H2,1-2H3,(H,20,24). The van der Waals surface area contributed by atoms with Crippen molar-refractivity contribution in [2.75, 3.05) is 32.6 Å². The number of piperidine rings is 1. The number of hydrogen-bond acceptors (Lipinski definition) is 5. The molecule has 0 bridgehead atoms. The average molecular weight is 351 g/mol. The Morgan fingerprint density at radius 3 is 2.76 bits per heavy atom. The SMILES string of the molecule is CNC(=O)CCC(C=O)Nc1cc(F)c(C2CCNCC2)cc1OC. The summed E-state index contributed by atoms with van der Waals surface area (Å²) in [5.74, 6) is 0.222. The summed E-state index contributed by atoms with van der Waals surface area (Å²) in [5, 5.41) is 8.75. The lowest BCUT2D eigenvalue weighted by Crippen LogP contribution is -2.27. The molecule has 3 N–H and O–H groups in total. The topological polar surface area (TPSA) is 79.5 Å². The summed E-state index contributed by atoms with van der Waals surface area (Å²) < 4.78 is 20.0. The Morgan fingerprint density at radius 2 is 2.16 bits per heavy atom. The minimum absolute atomic E-state index is 0.145. The summed E-state index contributed by atoms with van der Waals surface area (Å²) in [6, 6.07) is 2.51. The van der Waals surface area contributed by atoms with E-state index >= 15 is 0 Å². The first-order chi connectivity index (χ1) is 12.1. The molecule has 1 aromatic carbocycles. The molecule has 1 aromatic rings. The Labute approximate surface area is 147 Å². The maximum Gasteiger partial charge on any atom is 0.219 e. The van der Waals surface area contributed by atoms with Crippen molar-refractivity contribution in [3.05, 3.63) is 23.5 Å². The molecule has 0 saturated carbocycles. The highest BCUT2D eigenvalue weighted by Crippen LogP contribution is 2.35. The molecule has 1 saturated heterocycles. The summed E-state index contributed by atoms with van der Waals surface area (Å²) in [5.41, 5.74) is 1.07. The molecule has 0 aliphatic carbocycles. The molecule has 0 spiro atoms. The van der Waals surface area contributed by atoms with E-state index in [0.717, 1.165) is 32.2 Å². The van der Waals surface area contributed by atoms with Gasteiger partial charge in [-0.15, -0.1) is 0 Å². The van der Waals surface area contributed by atoms with Crippen molar-refractivity contribution in [2.24, 2.45) is 0 Å². The van der Waals surface area contributed by atoms with Gasteiger partial charge in [0.25, 0.3) is 0 Å². The van der Waals surface area contributed by atoms with Crippen molar-refractivity contribution in [3.8, 4) is 5.75 Å². The minimum Gasteiger partial charge on any atom is -0.495 e. The van der Waals surface area contributed by atoms with E-state index < -0.39 is 6.04 Å². The lowest BCUT2D eigenvalue weighted by atomic mass is 9.89. The van der Waals surface area contributed by atoms with E-state index in [4.69, 9.17) is 4.74 Å². The van der Waals surface area contributed by atoms with Crippen LogP contribution in [0, 0.1) is 5.82 Å². The Bertz CT molecular complexity index is 603. The summed E-state index contributed by atoms with van der Waals surface area (Å²) in [6.07, 6.45) is 3.03. The Hall–Kier alpha value is -2.15. The number of nitrogens with one attached hydrogen (secondary N) is 3. The summed E-state index contributed by atoms with van der Waals surface area (Å²) >= 11 is 0. The molecular formula is C18H26FN3O3. The molecule has 1 amide bonds. The Balaban J connectivity index is 2.15. The van der Waals surface area contributed by atoms with Gasteiger partial charge in [0.05, 0.1) is 18.8 Å². The number of anilines is 1. The first-order valence-electron chi connectivity index (χ1n) is 8.59. The lowest BCUT2D eigenvalue weighted by Gasteiger charge is -2.25. The molecule has 1 fully saturated rings. The van der Waals surface area contributed by atoms with Gasteiger partial charge in [0, 0.05) is 19.5 Å². The first-order valence-corrected chi connectivity index (χ1v) is 8.59.